The number of furan rings is 1. The van der Waals surface area contributed by atoms with Crippen molar-refractivity contribution in [2.45, 2.75) is 5.41 Å². The van der Waals surface area contributed by atoms with Gasteiger partial charge < -0.3 is 9.32 Å². The zero-order valence-electron chi connectivity index (χ0n) is 33.2. The fraction of sp³-hybridized carbons (Fsp3) is 0.0169. The Morgan fingerprint density at radius 1 is 0.328 bits per heavy atom. The molecule has 1 heterocycles. The molecular formula is C59H37NO. The standard InChI is InChI=1S/C59H37NO/c1-2-13-38(14-3-1)39-25-30-42(31-26-39)60(43-32-27-41(28-33-43)46-20-12-21-50-49-19-8-11-24-56(49)61-58(46)50)44-34-35-51-55(37-44)59(54-36-29-40-15-4-5-16-45(40)57(51)54)52-22-9-6-17-47(52)48-18-7-10-23-53(48)59/h1-37H. The number of hydrogen-bond acceptors (Lipinski definition) is 2. The first-order valence-corrected chi connectivity index (χ1v) is 21.1. The summed E-state index contributed by atoms with van der Waals surface area (Å²) < 4.78 is 6.48. The average Bonchev–Trinajstić information content (AvgIpc) is 3.97. The molecule has 1 aromatic heterocycles. The molecule has 0 amide bonds. The number of rotatable bonds is 5. The number of nitrogens with zero attached hydrogens (tertiary/aromatic N) is 1. The van der Waals surface area contributed by atoms with Crippen LogP contribution in [0.25, 0.3) is 77.2 Å². The van der Waals surface area contributed by atoms with Gasteiger partial charge >= 0.3 is 0 Å². The van der Waals surface area contributed by atoms with Crippen LogP contribution >= 0.6 is 0 Å². The molecule has 0 atom stereocenters. The molecule has 0 unspecified atom stereocenters. The molecule has 284 valence electrons. The molecule has 1 spiro atoms. The van der Waals surface area contributed by atoms with Gasteiger partial charge in [-0.25, -0.2) is 0 Å². The summed E-state index contributed by atoms with van der Waals surface area (Å²) in [5, 5.41) is 4.81. The third-order valence-electron chi connectivity index (χ3n) is 13.3. The minimum Gasteiger partial charge on any atom is -0.455 e. The summed E-state index contributed by atoms with van der Waals surface area (Å²) in [5.74, 6) is 0. The van der Waals surface area contributed by atoms with Crippen molar-refractivity contribution < 1.29 is 4.42 Å². The van der Waals surface area contributed by atoms with Gasteiger partial charge in [0.2, 0.25) is 0 Å². The quantitative estimate of drug-likeness (QED) is 0.173. The highest BCUT2D eigenvalue weighted by Gasteiger charge is 2.52. The van der Waals surface area contributed by atoms with E-state index in [-0.39, 0.29) is 0 Å². The van der Waals surface area contributed by atoms with Crippen LogP contribution in [0, 0.1) is 0 Å². The minimum absolute atomic E-state index is 0.476. The van der Waals surface area contributed by atoms with Gasteiger partial charge in [0, 0.05) is 33.4 Å². The maximum Gasteiger partial charge on any atom is 0.143 e. The Balaban J connectivity index is 1.03. The predicted molar refractivity (Wildman–Crippen MR) is 253 cm³/mol. The average molecular weight is 776 g/mol. The van der Waals surface area contributed by atoms with Crippen molar-refractivity contribution in [3.8, 4) is 44.5 Å². The van der Waals surface area contributed by atoms with E-state index in [1.807, 2.05) is 12.1 Å². The van der Waals surface area contributed by atoms with Crippen LogP contribution in [0.4, 0.5) is 17.1 Å². The van der Waals surface area contributed by atoms with Gasteiger partial charge in [-0.3, -0.25) is 0 Å². The highest BCUT2D eigenvalue weighted by Crippen LogP contribution is 2.64. The Bertz CT molecular complexity index is 3480. The number of fused-ring (bicyclic) bond motifs is 15. The molecule has 0 bridgehead atoms. The second-order valence-electron chi connectivity index (χ2n) is 16.4. The summed E-state index contributed by atoms with van der Waals surface area (Å²) in [4.78, 5) is 2.42. The lowest BCUT2D eigenvalue weighted by atomic mass is 9.70. The molecule has 2 heteroatoms. The molecule has 13 rings (SSSR count). The van der Waals surface area contributed by atoms with Gasteiger partial charge in [0.25, 0.3) is 0 Å². The fourth-order valence-electron chi connectivity index (χ4n) is 10.7. The van der Waals surface area contributed by atoms with Gasteiger partial charge in [0.1, 0.15) is 11.2 Å². The SMILES string of the molecule is c1ccc(-c2ccc(N(c3ccc(-c4cccc5c4oc4ccccc45)cc3)c3ccc4c(c3)C3(c5ccccc5-c5ccccc53)c3ccc5ccccc5c3-4)cc2)cc1. The summed E-state index contributed by atoms with van der Waals surface area (Å²) in [6.07, 6.45) is 0. The van der Waals surface area contributed by atoms with Crippen LogP contribution < -0.4 is 4.90 Å². The smallest absolute Gasteiger partial charge is 0.143 e. The van der Waals surface area contributed by atoms with Crippen molar-refractivity contribution in [1.82, 2.24) is 0 Å². The summed E-state index contributed by atoms with van der Waals surface area (Å²) in [7, 11) is 0. The summed E-state index contributed by atoms with van der Waals surface area (Å²) in [6, 6.07) is 82.3. The second kappa shape index (κ2) is 13.0. The fourth-order valence-corrected chi connectivity index (χ4v) is 10.7. The molecule has 61 heavy (non-hydrogen) atoms. The number of anilines is 3. The largest absolute Gasteiger partial charge is 0.455 e. The van der Waals surface area contributed by atoms with Gasteiger partial charge in [0.15, 0.2) is 0 Å². The van der Waals surface area contributed by atoms with Crippen LogP contribution in [0.3, 0.4) is 0 Å². The van der Waals surface area contributed by atoms with E-state index in [0.29, 0.717) is 0 Å². The van der Waals surface area contributed by atoms with Gasteiger partial charge in [-0.2, -0.15) is 0 Å². The molecule has 0 fully saturated rings. The lowest BCUT2D eigenvalue weighted by Gasteiger charge is -2.32. The first kappa shape index (κ1) is 34.0. The van der Waals surface area contributed by atoms with Crippen LogP contribution in [0.15, 0.2) is 229 Å². The van der Waals surface area contributed by atoms with E-state index in [9.17, 15) is 0 Å². The van der Waals surface area contributed by atoms with E-state index >= 15 is 0 Å². The van der Waals surface area contributed by atoms with Gasteiger partial charge in [-0.05, 0) is 114 Å². The first-order valence-electron chi connectivity index (χ1n) is 21.1. The zero-order chi connectivity index (χ0) is 40.1. The molecule has 0 aliphatic heterocycles. The lowest BCUT2D eigenvalue weighted by Crippen LogP contribution is -2.26. The lowest BCUT2D eigenvalue weighted by molar-refractivity contribution is 0.670. The Morgan fingerprint density at radius 3 is 1.66 bits per heavy atom. The number of hydrogen-bond donors (Lipinski definition) is 0. The molecule has 0 saturated heterocycles. The van der Waals surface area contributed by atoms with Crippen LogP contribution in [0.2, 0.25) is 0 Å². The highest BCUT2D eigenvalue weighted by atomic mass is 16.3. The van der Waals surface area contributed by atoms with Crippen LogP contribution in [0.1, 0.15) is 22.3 Å². The number of para-hydroxylation sites is 2. The molecule has 2 nitrogen and oxygen atoms in total. The molecule has 11 aromatic rings. The Morgan fingerprint density at radius 2 is 0.902 bits per heavy atom. The topological polar surface area (TPSA) is 16.4 Å². The maximum atomic E-state index is 6.48. The Kier molecular flexibility index (Phi) is 7.26. The van der Waals surface area contributed by atoms with Crippen LogP contribution in [-0.4, -0.2) is 0 Å². The molecule has 0 saturated carbocycles. The molecule has 2 aliphatic carbocycles. The van der Waals surface area contributed by atoms with Crippen LogP contribution in [0.5, 0.6) is 0 Å². The third-order valence-corrected chi connectivity index (χ3v) is 13.3. The van der Waals surface area contributed by atoms with E-state index in [1.165, 1.54) is 66.4 Å². The van der Waals surface area contributed by atoms with Gasteiger partial charge in [-0.15, -0.1) is 0 Å². The maximum absolute atomic E-state index is 6.48. The summed E-state index contributed by atoms with van der Waals surface area (Å²) >= 11 is 0. The van der Waals surface area contributed by atoms with Crippen molar-refractivity contribution in [3.05, 3.63) is 247 Å². The molecule has 0 radical (unpaired) electrons. The van der Waals surface area contributed by atoms with Crippen LogP contribution in [-0.2, 0) is 5.41 Å². The van der Waals surface area contributed by atoms with E-state index in [1.54, 1.807) is 0 Å². The van der Waals surface area contributed by atoms with Crippen molar-refractivity contribution >= 4 is 49.8 Å². The molecular weight excluding hydrogens is 739 g/mol. The predicted octanol–water partition coefficient (Wildman–Crippen LogP) is 15.9. The summed E-state index contributed by atoms with van der Waals surface area (Å²) in [6.45, 7) is 0. The van der Waals surface area contributed by atoms with Gasteiger partial charge in [-0.1, -0.05) is 182 Å². The minimum atomic E-state index is -0.476. The molecule has 2 aliphatic rings. The number of benzene rings is 10. The van der Waals surface area contributed by atoms with Crippen molar-refractivity contribution in [3.63, 3.8) is 0 Å². The van der Waals surface area contributed by atoms with Crippen molar-refractivity contribution in [2.75, 3.05) is 4.90 Å². The van der Waals surface area contributed by atoms with Crippen molar-refractivity contribution in [1.29, 1.82) is 0 Å². The third kappa shape index (κ3) is 4.85. The van der Waals surface area contributed by atoms with E-state index < -0.39 is 5.41 Å². The first-order chi connectivity index (χ1) is 30.3. The van der Waals surface area contributed by atoms with Crippen molar-refractivity contribution in [2.24, 2.45) is 0 Å². The van der Waals surface area contributed by atoms with E-state index in [2.05, 4.69) is 217 Å². The molecule has 0 N–H and O–H groups in total. The highest BCUT2D eigenvalue weighted by molar-refractivity contribution is 6.10. The van der Waals surface area contributed by atoms with Gasteiger partial charge in [0.05, 0.1) is 5.41 Å². The monoisotopic (exact) mass is 775 g/mol. The Hall–Kier alpha value is -7.94. The second-order valence-corrected chi connectivity index (χ2v) is 16.4. The Labute approximate surface area is 354 Å². The van der Waals surface area contributed by atoms with E-state index in [4.69, 9.17) is 4.42 Å². The normalized spacial score (nSPS) is 13.0. The summed E-state index contributed by atoms with van der Waals surface area (Å²) in [5.41, 5.74) is 19.8. The molecule has 10 aromatic carbocycles. The zero-order valence-corrected chi connectivity index (χ0v) is 33.2. The van der Waals surface area contributed by atoms with E-state index in [0.717, 1.165) is 50.1 Å².